The zero-order valence-electron chi connectivity index (χ0n) is 60.7. The number of nitrogens with zero attached hydrogens (tertiary/aromatic N) is 5. The summed E-state index contributed by atoms with van der Waals surface area (Å²) in [4.78, 5) is 128. The van der Waals surface area contributed by atoms with Gasteiger partial charge in [-0.3, -0.25) is 38.7 Å². The fourth-order valence-electron chi connectivity index (χ4n) is 10.8. The Bertz CT molecular complexity index is 3360. The Morgan fingerprint density at radius 1 is 0.629 bits per heavy atom. The normalized spacial score (nSPS) is 14.4. The molecule has 8 amide bonds. The summed E-state index contributed by atoms with van der Waals surface area (Å²) in [7, 11) is 0.0634. The minimum atomic E-state index is -1.56. The van der Waals surface area contributed by atoms with Gasteiger partial charge in [-0.25, -0.2) is 19.4 Å². The third-order valence-electron chi connectivity index (χ3n) is 16.6. The van der Waals surface area contributed by atoms with Gasteiger partial charge in [-0.2, -0.15) is 5.10 Å². The second-order valence-electron chi connectivity index (χ2n) is 26.0. The number of carbonyl (C=O) groups excluding carboxylic acids is 7. The number of aromatic nitrogens is 2. The van der Waals surface area contributed by atoms with Crippen molar-refractivity contribution in [1.82, 2.24) is 46.5 Å². The van der Waals surface area contributed by atoms with Crippen molar-refractivity contribution in [3.63, 3.8) is 0 Å². The molecular formula is C72H105N11O20SSi. The number of pyridine rings is 2. The number of thioether (sulfide) groups is 1. The molecule has 2 aliphatic rings. The molecule has 31 nitrogen and oxygen atoms in total. The molecule has 8 N–H and O–H groups in total. The molecule has 2 aliphatic heterocycles. The topological polar surface area (TPSA) is 394 Å². The minimum absolute atomic E-state index is 0.0915. The number of hydrogen-bond donors (Lipinski definition) is 8. The minimum Gasteiger partial charge on any atom is -0.480 e. The van der Waals surface area contributed by atoms with E-state index in [0.717, 1.165) is 33.2 Å². The first-order valence-electron chi connectivity index (χ1n) is 35.7. The summed E-state index contributed by atoms with van der Waals surface area (Å²) in [6, 6.07) is 16.7. The Kier molecular flexibility index (Phi) is 39.8. The summed E-state index contributed by atoms with van der Waals surface area (Å²) >= 11 is 0.622. The van der Waals surface area contributed by atoms with Gasteiger partial charge in [0.25, 0.3) is 5.91 Å². The number of ether oxygens (including phenoxy) is 9. The third-order valence-corrected chi connectivity index (χ3v) is 19.6. The summed E-state index contributed by atoms with van der Waals surface area (Å²) < 4.78 is 48.4. The Morgan fingerprint density at radius 2 is 1.26 bits per heavy atom. The number of urea groups is 1. The summed E-state index contributed by atoms with van der Waals surface area (Å²) in [5, 5.41) is 41.5. The number of nitrogens with one attached hydrogen (secondary N) is 6. The number of rotatable bonds is 54. The number of benzene rings is 2. The largest absolute Gasteiger partial charge is 0.480 e. The van der Waals surface area contributed by atoms with Gasteiger partial charge in [0.15, 0.2) is 0 Å². The highest BCUT2D eigenvalue weighted by Gasteiger charge is 2.34. The van der Waals surface area contributed by atoms with Crippen molar-refractivity contribution in [2.24, 2.45) is 5.10 Å². The van der Waals surface area contributed by atoms with Gasteiger partial charge in [0.05, 0.1) is 129 Å². The highest BCUT2D eigenvalue weighted by atomic mass is 32.2. The van der Waals surface area contributed by atoms with Gasteiger partial charge in [0.2, 0.25) is 23.6 Å². The van der Waals surface area contributed by atoms with Crippen LogP contribution in [0, 0.1) is 0 Å². The smallest absolute Gasteiger partial charge is 0.407 e. The number of fused-ring (bicyclic) bond motifs is 2. The van der Waals surface area contributed by atoms with Crippen LogP contribution in [0.15, 0.2) is 84.4 Å². The number of hydrazone groups is 1. The molecular weight excluding hydrogens is 1400 g/mol. The van der Waals surface area contributed by atoms with Crippen LogP contribution >= 0.6 is 11.8 Å². The quantitative estimate of drug-likeness (QED) is 0.0194. The van der Waals surface area contributed by atoms with Crippen molar-refractivity contribution >= 4 is 95.7 Å². The first-order chi connectivity index (χ1) is 50.8. The van der Waals surface area contributed by atoms with Gasteiger partial charge >= 0.3 is 24.1 Å². The standard InChI is InChI=1S/C72H105N11O20SSi/c1-95-29-30-97-33-34-99-37-38-101-41-42-102-40-39-100-36-35-98-32-31-96-28-22-64(84)75-23-9-7-15-60(79-66(86)48-77-65(85)46-63(70(91)92)104-51-62(69(89)90)80-72(94)103-43-44-105(2,3)4)67(87)76-24-8-5-6-10-27-83-68(88)58(56-13-11-16-59-57(56)14-12-25-74-59)45-61(81-83)52-17-19-55(20-18-52)78-71(93)82-49-53-21-26-73-47-54(53)50-82/h11-14,16-21,25-26,47,58,60,62-63H,5-10,15,22-24,27-46,48-51H2,1-4H3,(H,75,84)(H,76,87)(H,77,85)(H,78,93)(H,79,86)(H,80,94)(H,89,90)(H,91,92)/t58?,60-,62-,63?/m0/s1. The van der Waals surface area contributed by atoms with Gasteiger partial charge in [0, 0.05) is 103 Å². The van der Waals surface area contributed by atoms with E-state index in [2.05, 4.69) is 61.5 Å². The SMILES string of the molecule is COCCOCCOCCOCCOCCOCCOCCOCCC(=O)NCCCC[C@H](NC(=O)CNC(=O)CC(SC[C@H](NC(=O)OCC[Si](C)(C)C)C(=O)O)C(=O)O)C(=O)NCCCCCCN1N=C(c2ccc(NC(=O)N3Cc4ccncc4C3)cc2)CC(c2cccc3ncccc23)C1=O. The Labute approximate surface area is 618 Å². The molecule has 0 saturated heterocycles. The molecule has 2 aromatic carbocycles. The van der Waals surface area contributed by atoms with E-state index < -0.39 is 85.8 Å². The van der Waals surface area contributed by atoms with Gasteiger partial charge < -0.3 is 89.6 Å². The highest BCUT2D eigenvalue weighted by Crippen LogP contribution is 2.34. The van der Waals surface area contributed by atoms with Crippen LogP contribution in [0.3, 0.4) is 0 Å². The average Bonchev–Trinajstić information content (AvgIpc) is 1.40. The monoisotopic (exact) mass is 1500 g/mol. The number of methoxy groups -OCH3 is 1. The van der Waals surface area contributed by atoms with Crippen molar-refractivity contribution in [3.8, 4) is 0 Å². The average molecular weight is 1500 g/mol. The van der Waals surface area contributed by atoms with E-state index >= 15 is 0 Å². The maximum Gasteiger partial charge on any atom is 0.407 e. The van der Waals surface area contributed by atoms with E-state index in [0.29, 0.717) is 180 Å². The number of carbonyl (C=O) groups is 9. The number of carboxylic acids is 2. The van der Waals surface area contributed by atoms with Crippen LogP contribution in [0.4, 0.5) is 15.3 Å². The van der Waals surface area contributed by atoms with Crippen molar-refractivity contribution < 1.29 is 96.0 Å². The number of amides is 8. The third kappa shape index (κ3) is 33.8. The summed E-state index contributed by atoms with van der Waals surface area (Å²) in [6.07, 6.45) is 7.50. The lowest BCUT2D eigenvalue weighted by Gasteiger charge is -2.30. The molecule has 578 valence electrons. The number of anilines is 1. The van der Waals surface area contributed by atoms with Crippen molar-refractivity contribution in [3.05, 3.63) is 102 Å². The lowest BCUT2D eigenvalue weighted by atomic mass is 9.86. The molecule has 4 aromatic rings. The van der Waals surface area contributed by atoms with E-state index in [1.807, 2.05) is 60.7 Å². The second-order valence-corrected chi connectivity index (χ2v) is 32.9. The first-order valence-corrected chi connectivity index (χ1v) is 40.5. The Morgan fingerprint density at radius 3 is 1.90 bits per heavy atom. The van der Waals surface area contributed by atoms with Crippen LogP contribution in [0.25, 0.3) is 10.9 Å². The van der Waals surface area contributed by atoms with Crippen LogP contribution in [-0.2, 0) is 89.3 Å². The van der Waals surface area contributed by atoms with Gasteiger partial charge in [-0.05, 0) is 90.7 Å². The molecule has 33 heteroatoms. The van der Waals surface area contributed by atoms with E-state index in [-0.39, 0.29) is 63.6 Å². The molecule has 4 heterocycles. The maximum atomic E-state index is 14.4. The van der Waals surface area contributed by atoms with E-state index in [9.17, 15) is 53.4 Å². The maximum absolute atomic E-state index is 14.4. The zero-order chi connectivity index (χ0) is 75.4. The van der Waals surface area contributed by atoms with Crippen LogP contribution in [-0.4, -0.2) is 260 Å². The number of aliphatic carboxylic acids is 2. The summed E-state index contributed by atoms with van der Waals surface area (Å²) in [6.45, 7) is 13.7. The molecule has 2 unspecified atom stereocenters. The molecule has 0 saturated carbocycles. The van der Waals surface area contributed by atoms with E-state index in [4.69, 9.17) is 47.7 Å². The van der Waals surface area contributed by atoms with Crippen LogP contribution in [0.5, 0.6) is 0 Å². The molecule has 105 heavy (non-hydrogen) atoms. The lowest BCUT2D eigenvalue weighted by Crippen LogP contribution is -2.49. The highest BCUT2D eigenvalue weighted by molar-refractivity contribution is 8.00. The number of unbranched alkanes of at least 4 members (excludes halogenated alkanes) is 4. The molecule has 0 fully saturated rings. The predicted octanol–water partition coefficient (Wildman–Crippen LogP) is 5.71. The fourth-order valence-corrected chi connectivity index (χ4v) is 12.6. The molecule has 4 atom stereocenters. The zero-order valence-corrected chi connectivity index (χ0v) is 62.6. The van der Waals surface area contributed by atoms with Crippen LogP contribution < -0.4 is 31.9 Å². The molecule has 0 aliphatic carbocycles. The Hall–Kier alpha value is -8.25. The first kappa shape index (κ1) is 85.7. The number of alkyl carbamates (subject to hydrolysis) is 1. The van der Waals surface area contributed by atoms with Crippen LogP contribution in [0.2, 0.25) is 25.7 Å². The summed E-state index contributed by atoms with van der Waals surface area (Å²) in [5.41, 5.74) is 5.78. The van der Waals surface area contributed by atoms with Crippen molar-refractivity contribution in [2.45, 2.75) is 126 Å². The van der Waals surface area contributed by atoms with E-state index in [1.165, 1.54) is 5.01 Å². The van der Waals surface area contributed by atoms with Crippen LogP contribution in [0.1, 0.15) is 92.4 Å². The second kappa shape index (κ2) is 48.8. The Balaban J connectivity index is 0.929. The molecule has 0 radical (unpaired) electrons. The molecule has 0 spiro atoms. The van der Waals surface area contributed by atoms with E-state index in [1.54, 1.807) is 30.6 Å². The fraction of sp³-hybridized carbons (Fsp3) is 0.583. The number of hydrogen-bond acceptors (Lipinski definition) is 22. The number of carboxylic acid groups (broad SMARTS) is 2. The summed E-state index contributed by atoms with van der Waals surface area (Å²) in [5.74, 6) is -6.29. The predicted molar refractivity (Wildman–Crippen MR) is 394 cm³/mol. The van der Waals surface area contributed by atoms with Gasteiger partial charge in [-0.15, -0.1) is 11.8 Å². The van der Waals surface area contributed by atoms with Crippen molar-refractivity contribution in [2.75, 3.05) is 150 Å². The molecule has 2 aromatic heterocycles. The van der Waals surface area contributed by atoms with Crippen molar-refractivity contribution in [1.29, 1.82) is 0 Å². The molecule has 6 rings (SSSR count). The van der Waals surface area contributed by atoms with Gasteiger partial charge in [-0.1, -0.05) is 62.8 Å². The molecule has 0 bridgehead atoms. The van der Waals surface area contributed by atoms with Gasteiger partial charge in [0.1, 0.15) is 17.3 Å². The lowest BCUT2D eigenvalue weighted by molar-refractivity contribution is -0.139.